The van der Waals surface area contributed by atoms with Gasteiger partial charge in [0.15, 0.2) is 0 Å². The Balaban J connectivity index is 6.99. The lowest BCUT2D eigenvalue weighted by Crippen LogP contribution is -2.66. The average molecular weight is 707 g/mol. The van der Waals surface area contributed by atoms with Crippen LogP contribution in [0, 0.1) is 0 Å². The Bertz CT molecular complexity index is 710. The van der Waals surface area contributed by atoms with Gasteiger partial charge < -0.3 is 38.9 Å². The summed E-state index contributed by atoms with van der Waals surface area (Å²) in [4.78, 5) is 0. The third kappa shape index (κ3) is 17.4. The molecule has 0 bridgehead atoms. The van der Waals surface area contributed by atoms with Crippen LogP contribution in [0.25, 0.3) is 0 Å². The van der Waals surface area contributed by atoms with Crippen molar-refractivity contribution in [2.24, 2.45) is 0 Å². The first-order chi connectivity index (χ1) is 21.7. The van der Waals surface area contributed by atoms with Gasteiger partial charge in [-0.1, -0.05) is 106 Å². The van der Waals surface area contributed by atoms with Gasteiger partial charge in [0.05, 0.1) is 0 Å². The van der Waals surface area contributed by atoms with E-state index in [-0.39, 0.29) is 0 Å². The molecule has 9 nitrogen and oxygen atoms in total. The fourth-order valence-corrected chi connectivity index (χ4v) is 16.9. The SMILES string of the molecule is C=C[Si](OCCCC)(OCCCC)O[Si](C=C)(OCCCC)O[Si](C=C)(OCCCC)O[Si](C=C)(OCCCC)OCCCC. The van der Waals surface area contributed by atoms with Gasteiger partial charge in [-0.05, 0) is 61.3 Å². The van der Waals surface area contributed by atoms with E-state index in [4.69, 9.17) is 38.9 Å². The van der Waals surface area contributed by atoms with E-state index in [2.05, 4.69) is 67.9 Å². The summed E-state index contributed by atoms with van der Waals surface area (Å²) in [6.45, 7) is 31.6. The van der Waals surface area contributed by atoms with Crippen LogP contribution in [0.4, 0.5) is 0 Å². The summed E-state index contributed by atoms with van der Waals surface area (Å²) in [7, 11) is -14.8. The molecule has 0 rings (SSSR count). The lowest BCUT2D eigenvalue weighted by atomic mass is 10.4. The van der Waals surface area contributed by atoms with Crippen LogP contribution in [0.5, 0.6) is 0 Å². The van der Waals surface area contributed by atoms with Crippen molar-refractivity contribution in [2.75, 3.05) is 39.6 Å². The van der Waals surface area contributed by atoms with Crippen LogP contribution in [0.3, 0.4) is 0 Å². The minimum atomic E-state index is -3.87. The zero-order valence-electron chi connectivity index (χ0n) is 29.5. The van der Waals surface area contributed by atoms with E-state index in [1.165, 1.54) is 0 Å². The fraction of sp³-hybridized carbons (Fsp3) is 0.750. The van der Waals surface area contributed by atoms with E-state index >= 15 is 0 Å². The molecule has 0 fully saturated rings. The number of unbranched alkanes of at least 4 members (excludes halogenated alkanes) is 6. The Morgan fingerprint density at radius 2 is 0.511 bits per heavy atom. The highest BCUT2D eigenvalue weighted by Gasteiger charge is 2.60. The molecule has 2 atom stereocenters. The van der Waals surface area contributed by atoms with Crippen LogP contribution in [-0.2, 0) is 38.9 Å². The van der Waals surface area contributed by atoms with Crippen LogP contribution in [-0.4, -0.2) is 74.9 Å². The smallest absolute Gasteiger partial charge is 0.371 e. The molecule has 0 aromatic heterocycles. The number of rotatable bonds is 34. The van der Waals surface area contributed by atoms with E-state index in [9.17, 15) is 0 Å². The third-order valence-corrected chi connectivity index (χ3v) is 19.1. The topological polar surface area (TPSA) is 83.1 Å². The van der Waals surface area contributed by atoms with Crippen molar-refractivity contribution in [3.8, 4) is 0 Å². The summed E-state index contributed by atoms with van der Waals surface area (Å²) >= 11 is 0. The molecule has 0 amide bonds. The summed E-state index contributed by atoms with van der Waals surface area (Å²) in [6, 6.07) is 0. The van der Waals surface area contributed by atoms with Gasteiger partial charge in [0.2, 0.25) is 0 Å². The van der Waals surface area contributed by atoms with E-state index in [0.717, 1.165) is 77.0 Å². The molecule has 0 aliphatic carbocycles. The minimum Gasteiger partial charge on any atom is -0.371 e. The maximum absolute atomic E-state index is 6.96. The molecule has 0 aromatic rings. The summed E-state index contributed by atoms with van der Waals surface area (Å²) in [5.41, 5.74) is 6.50. The van der Waals surface area contributed by atoms with Crippen LogP contribution < -0.4 is 0 Å². The maximum Gasteiger partial charge on any atom is 0.521 e. The molecule has 0 aromatic carbocycles. The van der Waals surface area contributed by atoms with E-state index in [1.54, 1.807) is 22.8 Å². The quantitative estimate of drug-likeness (QED) is 0.0483. The minimum absolute atomic E-state index is 0.376. The van der Waals surface area contributed by atoms with E-state index in [1.807, 2.05) is 0 Å². The van der Waals surface area contributed by atoms with Crippen molar-refractivity contribution in [2.45, 2.75) is 119 Å². The van der Waals surface area contributed by atoms with E-state index in [0.29, 0.717) is 39.6 Å². The van der Waals surface area contributed by atoms with Crippen molar-refractivity contribution in [3.63, 3.8) is 0 Å². The zero-order valence-corrected chi connectivity index (χ0v) is 33.5. The highest BCUT2D eigenvalue weighted by Crippen LogP contribution is 2.30. The first-order valence-corrected chi connectivity index (χ1v) is 24.4. The maximum atomic E-state index is 6.96. The Hall–Kier alpha value is -0.532. The first-order valence-electron chi connectivity index (χ1n) is 17.2. The summed E-state index contributed by atoms with van der Waals surface area (Å²) in [5, 5.41) is 0. The molecular formula is C32H66O9Si4. The highest BCUT2D eigenvalue weighted by molar-refractivity contribution is 6.88. The molecule has 264 valence electrons. The van der Waals surface area contributed by atoms with Crippen molar-refractivity contribution in [3.05, 3.63) is 49.1 Å². The monoisotopic (exact) mass is 706 g/mol. The first kappa shape index (κ1) is 44.5. The van der Waals surface area contributed by atoms with Crippen LogP contribution >= 0.6 is 0 Å². The third-order valence-electron chi connectivity index (χ3n) is 6.66. The Morgan fingerprint density at radius 3 is 0.689 bits per heavy atom. The van der Waals surface area contributed by atoms with Crippen molar-refractivity contribution in [1.82, 2.24) is 0 Å². The van der Waals surface area contributed by atoms with Crippen LogP contribution in [0.2, 0.25) is 0 Å². The molecular weight excluding hydrogens is 641 g/mol. The lowest BCUT2D eigenvalue weighted by molar-refractivity contribution is 0.0436. The predicted molar refractivity (Wildman–Crippen MR) is 192 cm³/mol. The Labute approximate surface area is 280 Å². The van der Waals surface area contributed by atoms with Gasteiger partial charge in [-0.15, -0.1) is 0 Å². The van der Waals surface area contributed by atoms with Gasteiger partial charge in [-0.3, -0.25) is 0 Å². The summed E-state index contributed by atoms with van der Waals surface area (Å²) < 4.78 is 59.3. The van der Waals surface area contributed by atoms with Gasteiger partial charge in [0, 0.05) is 39.6 Å². The van der Waals surface area contributed by atoms with Crippen molar-refractivity contribution >= 4 is 35.2 Å². The molecule has 0 N–H and O–H groups in total. The van der Waals surface area contributed by atoms with Gasteiger partial charge in [0.25, 0.3) is 0 Å². The van der Waals surface area contributed by atoms with Gasteiger partial charge >= 0.3 is 35.2 Å². The Kier molecular flexibility index (Phi) is 26.1. The second-order valence-electron chi connectivity index (χ2n) is 10.7. The van der Waals surface area contributed by atoms with Crippen LogP contribution in [0.1, 0.15) is 119 Å². The molecule has 0 saturated carbocycles. The molecule has 0 spiro atoms. The van der Waals surface area contributed by atoms with Gasteiger partial charge in [0.1, 0.15) is 0 Å². The lowest BCUT2D eigenvalue weighted by Gasteiger charge is -2.41. The number of hydrogen-bond acceptors (Lipinski definition) is 9. The molecule has 0 saturated heterocycles. The Morgan fingerprint density at radius 1 is 0.333 bits per heavy atom. The fourth-order valence-electron chi connectivity index (χ4n) is 3.71. The van der Waals surface area contributed by atoms with Gasteiger partial charge in [-0.2, -0.15) is 0 Å². The second kappa shape index (κ2) is 26.4. The zero-order chi connectivity index (χ0) is 33.9. The largest absolute Gasteiger partial charge is 0.521 e. The van der Waals surface area contributed by atoms with Crippen molar-refractivity contribution < 1.29 is 38.9 Å². The summed E-state index contributed by atoms with van der Waals surface area (Å²) in [5.74, 6) is 0. The molecule has 0 aliphatic heterocycles. The summed E-state index contributed by atoms with van der Waals surface area (Å²) in [6.07, 6.45) is 10.6. The average Bonchev–Trinajstić information content (AvgIpc) is 3.05. The normalized spacial score (nSPS) is 14.9. The molecule has 0 heterocycles. The standard InChI is InChI=1S/C32H66O9Si4/c1-11-21-27-33-42(17-7,34-28-22-12-2)39-44(19-9,37-31-25-15-5)41-45(20-10,38-32-26-16-6)40-43(18-8,35-29-23-13-3)36-30-24-14-4/h17-20H,7-16,21-32H2,1-6H3. The van der Waals surface area contributed by atoms with Gasteiger partial charge in [-0.25, -0.2) is 0 Å². The molecule has 0 aliphatic rings. The molecule has 0 radical (unpaired) electrons. The molecule has 13 heteroatoms. The van der Waals surface area contributed by atoms with E-state index < -0.39 is 35.2 Å². The molecule has 2 unspecified atom stereocenters. The second-order valence-corrected chi connectivity index (χ2v) is 21.4. The van der Waals surface area contributed by atoms with Crippen LogP contribution in [0.15, 0.2) is 49.1 Å². The highest BCUT2D eigenvalue weighted by atomic mass is 28.5. The number of hydrogen-bond donors (Lipinski definition) is 0. The predicted octanol–water partition coefficient (Wildman–Crippen LogP) is 8.59. The van der Waals surface area contributed by atoms with Crippen molar-refractivity contribution in [1.29, 1.82) is 0 Å². The molecule has 45 heavy (non-hydrogen) atoms.